The molecular weight excluding hydrogens is 488 g/mol. The van der Waals surface area contributed by atoms with E-state index in [1.165, 1.54) is 11.3 Å². The van der Waals surface area contributed by atoms with E-state index in [4.69, 9.17) is 9.26 Å². The van der Waals surface area contributed by atoms with E-state index in [2.05, 4.69) is 20.4 Å². The van der Waals surface area contributed by atoms with Crippen molar-refractivity contribution in [2.75, 3.05) is 26.2 Å². The van der Waals surface area contributed by atoms with Gasteiger partial charge in [0.05, 0.1) is 17.8 Å². The fraction of sp³-hybridized carbons (Fsp3) is 0.696. The molecule has 1 N–H and O–H groups in total. The van der Waals surface area contributed by atoms with Gasteiger partial charge in [-0.05, 0) is 45.4 Å². The molecule has 0 bridgehead atoms. The summed E-state index contributed by atoms with van der Waals surface area (Å²) in [5.41, 5.74) is 0.114. The van der Waals surface area contributed by atoms with E-state index in [-0.39, 0.29) is 23.6 Å². The summed E-state index contributed by atoms with van der Waals surface area (Å²) in [6.45, 7) is 2.45. The molecule has 12 heteroatoms. The summed E-state index contributed by atoms with van der Waals surface area (Å²) in [4.78, 5) is 19.6. The second-order valence-corrected chi connectivity index (χ2v) is 10.5. The highest BCUT2D eigenvalue weighted by atomic mass is 32.1. The summed E-state index contributed by atoms with van der Waals surface area (Å²) in [5.74, 6) is 0.524. The van der Waals surface area contributed by atoms with Crippen LogP contribution in [0.1, 0.15) is 54.1 Å². The monoisotopic (exact) mass is 518 g/mol. The number of hydrogen-bond acceptors (Lipinski definition) is 7. The number of aryl methyl sites for hydroxylation is 1. The van der Waals surface area contributed by atoms with Crippen molar-refractivity contribution in [2.45, 2.75) is 76.2 Å². The van der Waals surface area contributed by atoms with Gasteiger partial charge in [0.2, 0.25) is 5.91 Å². The van der Waals surface area contributed by atoms with Gasteiger partial charge in [-0.3, -0.25) is 4.79 Å². The lowest BCUT2D eigenvalue weighted by Gasteiger charge is -2.35. The van der Waals surface area contributed by atoms with Crippen molar-refractivity contribution < 1.29 is 31.6 Å². The maximum absolute atomic E-state index is 15.4. The van der Waals surface area contributed by atoms with Crippen LogP contribution in [0.5, 0.6) is 5.19 Å². The van der Waals surface area contributed by atoms with Crippen molar-refractivity contribution in [3.8, 4) is 5.19 Å². The van der Waals surface area contributed by atoms with Crippen LogP contribution < -0.4 is 10.1 Å². The molecule has 4 rings (SSSR count). The Bertz CT molecular complexity index is 976. The molecule has 0 radical (unpaired) electrons. The van der Waals surface area contributed by atoms with Crippen LogP contribution in [0.25, 0.3) is 0 Å². The van der Waals surface area contributed by atoms with Crippen LogP contribution in [0.2, 0.25) is 0 Å². The van der Waals surface area contributed by atoms with Gasteiger partial charge in [-0.25, -0.2) is 9.37 Å². The first-order chi connectivity index (χ1) is 16.6. The Morgan fingerprint density at radius 2 is 2.06 bits per heavy atom. The van der Waals surface area contributed by atoms with Crippen molar-refractivity contribution in [3.05, 3.63) is 28.1 Å². The molecule has 1 amide bonds. The quantitative estimate of drug-likeness (QED) is 0.528. The molecule has 0 spiro atoms. The number of halogens is 4. The van der Waals surface area contributed by atoms with E-state index >= 15 is 4.39 Å². The molecule has 1 aliphatic carbocycles. The number of amides is 1. The Balaban J connectivity index is 1.17. The van der Waals surface area contributed by atoms with E-state index < -0.39 is 18.5 Å². The SMILES string of the molecule is Cc1cc(CC(=O)N[C@H]2CC[C@](F)(CCN3CCc4nc(OCC(F)(F)F)sc4CC3)CC2)no1. The molecule has 0 saturated heterocycles. The Kier molecular flexibility index (Phi) is 7.99. The molecule has 2 aromatic rings. The first-order valence-electron chi connectivity index (χ1n) is 11.9. The Morgan fingerprint density at radius 1 is 1.31 bits per heavy atom. The molecule has 2 aromatic heterocycles. The third kappa shape index (κ3) is 7.63. The smallest absolute Gasteiger partial charge is 0.422 e. The average molecular weight is 519 g/mol. The Hall–Kier alpha value is -2.21. The van der Waals surface area contributed by atoms with Gasteiger partial charge in [-0.15, -0.1) is 0 Å². The molecular formula is C23H30F4N4O3S. The second kappa shape index (κ2) is 10.8. The predicted octanol–water partition coefficient (Wildman–Crippen LogP) is 4.18. The highest BCUT2D eigenvalue weighted by Crippen LogP contribution is 2.36. The second-order valence-electron chi connectivity index (χ2n) is 9.44. The van der Waals surface area contributed by atoms with E-state index in [0.29, 0.717) is 76.0 Å². The fourth-order valence-corrected chi connectivity index (χ4v) is 5.59. The van der Waals surface area contributed by atoms with E-state index in [0.717, 1.165) is 10.6 Å². The van der Waals surface area contributed by atoms with Crippen LogP contribution in [0.15, 0.2) is 10.6 Å². The summed E-state index contributed by atoms with van der Waals surface area (Å²) < 4.78 is 62.3. The van der Waals surface area contributed by atoms with Crippen LogP contribution in [-0.4, -0.2) is 65.1 Å². The Morgan fingerprint density at radius 3 is 2.74 bits per heavy atom. The minimum absolute atomic E-state index is 0.0339. The minimum Gasteiger partial charge on any atom is -0.460 e. The summed E-state index contributed by atoms with van der Waals surface area (Å²) >= 11 is 1.17. The van der Waals surface area contributed by atoms with Gasteiger partial charge in [-0.1, -0.05) is 16.5 Å². The van der Waals surface area contributed by atoms with Crippen LogP contribution >= 0.6 is 11.3 Å². The number of ether oxygens (including phenoxy) is 1. The third-order valence-electron chi connectivity index (χ3n) is 6.58. The molecule has 3 heterocycles. The standard InChI is InChI=1S/C23H30F4N4O3S/c1-15-12-17(30-34-15)13-20(32)28-16-2-6-22(24,7-3-16)8-11-31-9-4-18-19(5-10-31)35-21(29-18)33-14-23(25,26)27/h12,16H,2-11,13-14H2,1H3,(H,28,32)/t16-,22+. The summed E-state index contributed by atoms with van der Waals surface area (Å²) in [6, 6.07) is 1.69. The number of nitrogens with zero attached hydrogens (tertiary/aromatic N) is 3. The van der Waals surface area contributed by atoms with Gasteiger partial charge in [0.1, 0.15) is 11.4 Å². The molecule has 0 aromatic carbocycles. The van der Waals surface area contributed by atoms with E-state index in [1.54, 1.807) is 13.0 Å². The van der Waals surface area contributed by atoms with Crippen molar-refractivity contribution in [3.63, 3.8) is 0 Å². The zero-order valence-corrected chi connectivity index (χ0v) is 20.4. The number of rotatable bonds is 8. The van der Waals surface area contributed by atoms with Crippen LogP contribution in [0.4, 0.5) is 17.6 Å². The third-order valence-corrected chi connectivity index (χ3v) is 7.65. The zero-order chi connectivity index (χ0) is 25.1. The highest BCUT2D eigenvalue weighted by molar-refractivity contribution is 7.13. The molecule has 1 fully saturated rings. The van der Waals surface area contributed by atoms with Gasteiger partial charge >= 0.3 is 6.18 Å². The van der Waals surface area contributed by atoms with Gasteiger partial charge in [-0.2, -0.15) is 13.2 Å². The zero-order valence-electron chi connectivity index (χ0n) is 19.6. The van der Waals surface area contributed by atoms with Crippen LogP contribution in [0, 0.1) is 6.92 Å². The highest BCUT2D eigenvalue weighted by Gasteiger charge is 2.36. The lowest BCUT2D eigenvalue weighted by Crippen LogP contribution is -2.43. The van der Waals surface area contributed by atoms with Crippen LogP contribution in [-0.2, 0) is 24.1 Å². The maximum atomic E-state index is 15.4. The molecule has 0 atom stereocenters. The summed E-state index contributed by atoms with van der Waals surface area (Å²) in [5, 5.41) is 6.87. The molecule has 1 saturated carbocycles. The normalized spacial score (nSPS) is 23.5. The topological polar surface area (TPSA) is 80.5 Å². The lowest BCUT2D eigenvalue weighted by atomic mass is 9.81. The number of thiazole rings is 1. The van der Waals surface area contributed by atoms with E-state index in [1.807, 2.05) is 0 Å². The number of aromatic nitrogens is 2. The van der Waals surface area contributed by atoms with Crippen molar-refractivity contribution in [1.82, 2.24) is 20.4 Å². The predicted molar refractivity (Wildman–Crippen MR) is 121 cm³/mol. The van der Waals surface area contributed by atoms with Crippen molar-refractivity contribution in [1.29, 1.82) is 0 Å². The number of hydrogen-bond donors (Lipinski definition) is 1. The van der Waals surface area contributed by atoms with Crippen molar-refractivity contribution >= 4 is 17.2 Å². The van der Waals surface area contributed by atoms with Gasteiger partial charge in [0.25, 0.3) is 5.19 Å². The molecule has 0 unspecified atom stereocenters. The van der Waals surface area contributed by atoms with Gasteiger partial charge < -0.3 is 19.5 Å². The number of nitrogens with one attached hydrogen (secondary N) is 1. The number of fused-ring (bicyclic) bond motifs is 1. The molecule has 35 heavy (non-hydrogen) atoms. The number of carbonyl (C=O) groups excluding carboxylic acids is 1. The first-order valence-corrected chi connectivity index (χ1v) is 12.7. The summed E-state index contributed by atoms with van der Waals surface area (Å²) in [6.07, 6.45) is -0.519. The van der Waals surface area contributed by atoms with Gasteiger partial charge in [0.15, 0.2) is 6.61 Å². The van der Waals surface area contributed by atoms with E-state index in [9.17, 15) is 18.0 Å². The number of carbonyl (C=O) groups is 1. The minimum atomic E-state index is -4.39. The lowest BCUT2D eigenvalue weighted by molar-refractivity contribution is -0.153. The van der Waals surface area contributed by atoms with Gasteiger partial charge in [0, 0.05) is 43.0 Å². The maximum Gasteiger partial charge on any atom is 0.422 e. The van der Waals surface area contributed by atoms with Crippen molar-refractivity contribution in [2.24, 2.45) is 0 Å². The molecule has 194 valence electrons. The Labute approximate surface area is 205 Å². The molecule has 7 nitrogen and oxygen atoms in total. The summed E-state index contributed by atoms with van der Waals surface area (Å²) in [7, 11) is 0. The largest absolute Gasteiger partial charge is 0.460 e. The average Bonchev–Trinajstić information content (AvgIpc) is 3.33. The first kappa shape index (κ1) is 25.9. The fourth-order valence-electron chi connectivity index (χ4n) is 4.65. The molecule has 1 aliphatic heterocycles. The molecule has 2 aliphatic rings. The van der Waals surface area contributed by atoms with Crippen LogP contribution in [0.3, 0.4) is 0 Å². The number of alkyl halides is 4.